The van der Waals surface area contributed by atoms with Crippen molar-refractivity contribution in [2.75, 3.05) is 34.3 Å². The Labute approximate surface area is 123 Å². The van der Waals surface area contributed by atoms with Gasteiger partial charge in [0, 0.05) is 5.97 Å². The number of likely N-dealkylation sites (N-methyl/N-ethyl adjacent to an activating group) is 1. The number of nitrogens with zero attached hydrogens (tertiary/aromatic N) is 1. The molecule has 0 aliphatic rings. The van der Waals surface area contributed by atoms with Gasteiger partial charge < -0.3 is 43.5 Å². The Morgan fingerprint density at radius 1 is 1.18 bits per heavy atom. The van der Waals surface area contributed by atoms with Crippen LogP contribution in [0.1, 0.15) is 39.0 Å². The quantitative estimate of drug-likeness (QED) is 0.308. The Kier molecular flexibility index (Phi) is 18.6. The molecule has 0 spiro atoms. The third-order valence-electron chi connectivity index (χ3n) is 2.01. The molecule has 0 radical (unpaired) electrons. The van der Waals surface area contributed by atoms with Crippen LogP contribution in [0.4, 0.5) is 0 Å². The van der Waals surface area contributed by atoms with Crippen LogP contribution in [0.25, 0.3) is 0 Å². The first-order valence-electron chi connectivity index (χ1n) is 5.94. The molecular formula is C12H27INO3-. The van der Waals surface area contributed by atoms with Crippen LogP contribution in [0.15, 0.2) is 0 Å². The van der Waals surface area contributed by atoms with Crippen molar-refractivity contribution in [2.24, 2.45) is 0 Å². The lowest BCUT2D eigenvalue weighted by Gasteiger charge is -2.21. The molecule has 0 aromatic heterocycles. The van der Waals surface area contributed by atoms with Crippen LogP contribution in [0, 0.1) is 0 Å². The summed E-state index contributed by atoms with van der Waals surface area (Å²) in [5, 5.41) is 18.2. The summed E-state index contributed by atoms with van der Waals surface area (Å²) in [5.41, 5.74) is 0. The van der Waals surface area contributed by atoms with Crippen LogP contribution >= 0.6 is 0 Å². The van der Waals surface area contributed by atoms with Gasteiger partial charge >= 0.3 is 0 Å². The lowest BCUT2D eigenvalue weighted by molar-refractivity contribution is -0.870. The molecule has 0 amide bonds. The highest BCUT2D eigenvalue weighted by Crippen LogP contribution is 2.00. The monoisotopic (exact) mass is 360 g/mol. The summed E-state index contributed by atoms with van der Waals surface area (Å²) in [4.78, 5) is 9.85. The molecule has 0 fully saturated rings. The van der Waals surface area contributed by atoms with Gasteiger partial charge in [0.1, 0.15) is 6.54 Å². The first-order chi connectivity index (χ1) is 7.33. The highest BCUT2D eigenvalue weighted by molar-refractivity contribution is 5.63. The molecule has 0 unspecified atom stereocenters. The summed E-state index contributed by atoms with van der Waals surface area (Å²) < 4.78 is 0.844. The highest BCUT2D eigenvalue weighted by Gasteiger charge is 2.02. The van der Waals surface area contributed by atoms with Crippen LogP contribution in [-0.4, -0.2) is 49.9 Å². The Bertz CT molecular complexity index is 170. The van der Waals surface area contributed by atoms with E-state index in [1.807, 2.05) is 0 Å². The number of halogens is 1. The number of aliphatic carboxylic acids is 1. The third kappa shape index (κ3) is 31.4. The molecule has 0 aliphatic heterocycles. The Morgan fingerprint density at radius 2 is 1.71 bits per heavy atom. The SMILES string of the molecule is CCCCCCC(=O)[O-].C[N+](C)(C)CCO.[I-]. The maximum absolute atomic E-state index is 9.85. The third-order valence-corrected chi connectivity index (χ3v) is 2.01. The van der Waals surface area contributed by atoms with Crippen LogP contribution in [0.2, 0.25) is 0 Å². The zero-order valence-electron chi connectivity index (χ0n) is 11.5. The number of hydrogen-bond acceptors (Lipinski definition) is 3. The predicted molar refractivity (Wildman–Crippen MR) is 63.8 cm³/mol. The van der Waals surface area contributed by atoms with Gasteiger partial charge in [0.05, 0.1) is 27.7 Å². The van der Waals surface area contributed by atoms with Gasteiger partial charge in [-0.2, -0.15) is 0 Å². The van der Waals surface area contributed by atoms with Crippen LogP contribution < -0.4 is 29.1 Å². The second kappa shape index (κ2) is 14.2. The number of carboxylic acid groups (broad SMARTS) is 1. The number of unbranched alkanes of at least 4 members (excludes halogenated alkanes) is 3. The molecule has 0 aromatic carbocycles. The van der Waals surface area contributed by atoms with Crippen molar-refractivity contribution in [1.82, 2.24) is 0 Å². The second-order valence-electron chi connectivity index (χ2n) is 4.92. The van der Waals surface area contributed by atoms with E-state index in [9.17, 15) is 9.90 Å². The number of hydrogen-bond donors (Lipinski definition) is 1. The number of aliphatic hydroxyl groups excluding tert-OH is 1. The summed E-state index contributed by atoms with van der Waals surface area (Å²) >= 11 is 0. The zero-order valence-corrected chi connectivity index (χ0v) is 13.7. The molecule has 17 heavy (non-hydrogen) atoms. The average Bonchev–Trinajstić information content (AvgIpc) is 2.11. The van der Waals surface area contributed by atoms with E-state index in [2.05, 4.69) is 28.1 Å². The molecule has 0 heterocycles. The molecule has 1 N–H and O–H groups in total. The van der Waals surface area contributed by atoms with E-state index in [0.29, 0.717) is 0 Å². The van der Waals surface area contributed by atoms with Gasteiger partial charge in [0.2, 0.25) is 0 Å². The first kappa shape index (κ1) is 22.3. The topological polar surface area (TPSA) is 60.4 Å². The highest BCUT2D eigenvalue weighted by atomic mass is 127. The molecule has 106 valence electrons. The van der Waals surface area contributed by atoms with Gasteiger partial charge in [0.15, 0.2) is 0 Å². The number of aliphatic hydroxyl groups is 1. The lowest BCUT2D eigenvalue weighted by Crippen LogP contribution is -3.00. The van der Waals surface area contributed by atoms with E-state index in [1.165, 1.54) is 0 Å². The standard InChI is InChI=1S/C7H14O2.C5H14NO.HI/c1-2-3-4-5-6-7(8)9;1-6(2,3)4-5-7;/h2-6H2,1H3,(H,8,9);7H,4-5H2,1-3H3;1H/q;+1;/p-2. The second-order valence-corrected chi connectivity index (χ2v) is 4.92. The van der Waals surface area contributed by atoms with Crippen LogP contribution in [-0.2, 0) is 4.79 Å². The first-order valence-corrected chi connectivity index (χ1v) is 5.94. The molecule has 0 saturated heterocycles. The van der Waals surface area contributed by atoms with E-state index >= 15 is 0 Å². The van der Waals surface area contributed by atoms with Gasteiger partial charge in [-0.25, -0.2) is 0 Å². The summed E-state index contributed by atoms with van der Waals surface area (Å²) in [6.45, 7) is 3.21. The number of quaternary nitrogens is 1. The Hall–Kier alpha value is 0.120. The van der Waals surface area contributed by atoms with Crippen molar-refractivity contribution in [3.05, 3.63) is 0 Å². The van der Waals surface area contributed by atoms with Gasteiger partial charge in [-0.15, -0.1) is 0 Å². The van der Waals surface area contributed by atoms with Crippen molar-refractivity contribution < 1.29 is 43.5 Å². The number of carbonyl (C=O) groups excluding carboxylic acids is 1. The molecule has 0 aromatic rings. The molecule has 0 bridgehead atoms. The van der Waals surface area contributed by atoms with Crippen LogP contribution in [0.3, 0.4) is 0 Å². The fourth-order valence-electron chi connectivity index (χ4n) is 0.996. The van der Waals surface area contributed by atoms with Crippen molar-refractivity contribution in [2.45, 2.75) is 39.0 Å². The molecule has 5 heteroatoms. The minimum atomic E-state index is -0.925. The summed E-state index contributed by atoms with van der Waals surface area (Å²) in [5.74, 6) is -0.925. The Morgan fingerprint density at radius 3 is 1.94 bits per heavy atom. The van der Waals surface area contributed by atoms with E-state index in [0.717, 1.165) is 36.7 Å². The van der Waals surface area contributed by atoms with Gasteiger partial charge in [-0.05, 0) is 12.8 Å². The number of carbonyl (C=O) groups is 1. The summed E-state index contributed by atoms with van der Waals surface area (Å²) in [7, 11) is 6.16. The minimum Gasteiger partial charge on any atom is -1.00 e. The van der Waals surface area contributed by atoms with Crippen molar-refractivity contribution in [3.63, 3.8) is 0 Å². The van der Waals surface area contributed by atoms with Crippen LogP contribution in [0.5, 0.6) is 0 Å². The van der Waals surface area contributed by atoms with Crippen molar-refractivity contribution >= 4 is 5.97 Å². The van der Waals surface area contributed by atoms with E-state index in [1.54, 1.807) is 0 Å². The van der Waals surface area contributed by atoms with Crippen molar-refractivity contribution in [1.29, 1.82) is 0 Å². The molecule has 0 saturated carbocycles. The van der Waals surface area contributed by atoms with E-state index in [4.69, 9.17) is 5.11 Å². The maximum atomic E-state index is 9.85. The fraction of sp³-hybridized carbons (Fsp3) is 0.917. The number of carboxylic acids is 1. The lowest BCUT2D eigenvalue weighted by atomic mass is 10.2. The summed E-state index contributed by atoms with van der Waals surface area (Å²) in [6, 6.07) is 0. The summed E-state index contributed by atoms with van der Waals surface area (Å²) in [6.07, 6.45) is 4.29. The van der Waals surface area contributed by atoms with E-state index in [-0.39, 0.29) is 37.0 Å². The fourth-order valence-corrected chi connectivity index (χ4v) is 0.996. The Balaban J connectivity index is -0.000000224. The van der Waals surface area contributed by atoms with Gasteiger partial charge in [-0.3, -0.25) is 0 Å². The number of rotatable bonds is 7. The average molecular weight is 360 g/mol. The molecular weight excluding hydrogens is 333 g/mol. The van der Waals surface area contributed by atoms with Crippen molar-refractivity contribution in [3.8, 4) is 0 Å². The van der Waals surface area contributed by atoms with Gasteiger partial charge in [0.25, 0.3) is 0 Å². The minimum absolute atomic E-state index is 0. The molecule has 4 nitrogen and oxygen atoms in total. The van der Waals surface area contributed by atoms with Gasteiger partial charge in [-0.1, -0.05) is 26.2 Å². The normalized spacial score (nSPS) is 9.94. The largest absolute Gasteiger partial charge is 1.00 e. The van der Waals surface area contributed by atoms with E-state index < -0.39 is 5.97 Å². The smallest absolute Gasteiger partial charge is 0.101 e. The molecule has 0 rings (SSSR count). The molecule has 0 aliphatic carbocycles. The molecule has 0 atom stereocenters. The predicted octanol–water partition coefficient (Wildman–Crippen LogP) is -2.60. The zero-order chi connectivity index (χ0) is 13.0. The maximum Gasteiger partial charge on any atom is 0.101 e.